The minimum atomic E-state index is -0.276. The molecule has 2 aromatic rings. The van der Waals surface area contributed by atoms with E-state index in [4.69, 9.17) is 28.9 Å². The summed E-state index contributed by atoms with van der Waals surface area (Å²) < 4.78 is 13.4. The Balaban J connectivity index is 2.34. The predicted molar refractivity (Wildman–Crippen MR) is 71.4 cm³/mol. The van der Waals surface area contributed by atoms with E-state index in [9.17, 15) is 4.39 Å². The number of nitrogen functional groups attached to an aromatic ring is 1. The fourth-order valence-corrected chi connectivity index (χ4v) is 2.81. The molecule has 17 heavy (non-hydrogen) atoms. The van der Waals surface area contributed by atoms with Crippen molar-refractivity contribution in [3.63, 3.8) is 0 Å². The molecular formula is C12H8Cl2FNS. The first kappa shape index (κ1) is 12.6. The van der Waals surface area contributed by atoms with Gasteiger partial charge in [0, 0.05) is 9.79 Å². The summed E-state index contributed by atoms with van der Waals surface area (Å²) in [6, 6.07) is 9.84. The predicted octanol–water partition coefficient (Wildman–Crippen LogP) is 4.87. The third-order valence-corrected chi connectivity index (χ3v) is 3.76. The highest BCUT2D eigenvalue weighted by atomic mass is 35.5. The maximum Gasteiger partial charge on any atom is 0.137 e. The van der Waals surface area contributed by atoms with Crippen LogP contribution in [-0.2, 0) is 0 Å². The summed E-state index contributed by atoms with van der Waals surface area (Å²) in [4.78, 5) is 1.27. The van der Waals surface area contributed by atoms with Crippen molar-refractivity contribution in [2.24, 2.45) is 0 Å². The van der Waals surface area contributed by atoms with E-state index in [-0.39, 0.29) is 5.82 Å². The first-order chi connectivity index (χ1) is 8.08. The first-order valence-corrected chi connectivity index (χ1v) is 6.32. The van der Waals surface area contributed by atoms with Crippen LogP contribution in [0, 0.1) is 5.82 Å². The molecule has 0 spiro atoms. The van der Waals surface area contributed by atoms with Gasteiger partial charge in [-0.15, -0.1) is 0 Å². The van der Waals surface area contributed by atoms with Crippen LogP contribution in [0.2, 0.25) is 10.0 Å². The second kappa shape index (κ2) is 5.17. The highest BCUT2D eigenvalue weighted by Crippen LogP contribution is 2.36. The van der Waals surface area contributed by atoms with E-state index in [1.165, 1.54) is 17.8 Å². The fraction of sp³-hybridized carbons (Fsp3) is 0. The van der Waals surface area contributed by atoms with Crippen molar-refractivity contribution in [3.05, 3.63) is 52.3 Å². The molecule has 0 fully saturated rings. The molecule has 0 aliphatic heterocycles. The molecule has 0 aromatic heterocycles. The molecule has 0 saturated carbocycles. The summed E-state index contributed by atoms with van der Waals surface area (Å²) in [6.45, 7) is 0. The lowest BCUT2D eigenvalue weighted by Gasteiger charge is -2.06. The Hall–Kier alpha value is -0.900. The molecule has 2 aromatic carbocycles. The van der Waals surface area contributed by atoms with E-state index in [0.29, 0.717) is 20.6 Å². The normalized spacial score (nSPS) is 10.5. The molecule has 0 saturated heterocycles. The zero-order chi connectivity index (χ0) is 12.4. The van der Waals surface area contributed by atoms with Crippen LogP contribution in [0.5, 0.6) is 0 Å². The Morgan fingerprint density at radius 3 is 2.24 bits per heavy atom. The lowest BCUT2D eigenvalue weighted by Crippen LogP contribution is -1.88. The molecule has 2 N–H and O–H groups in total. The van der Waals surface area contributed by atoms with Crippen LogP contribution in [0.25, 0.3) is 0 Å². The van der Waals surface area contributed by atoms with Crippen LogP contribution in [0.4, 0.5) is 10.1 Å². The van der Waals surface area contributed by atoms with Crippen LogP contribution in [0.15, 0.2) is 46.2 Å². The molecule has 0 atom stereocenters. The number of rotatable bonds is 2. The summed E-state index contributed by atoms with van der Waals surface area (Å²) in [7, 11) is 0. The molecule has 1 nitrogen and oxygen atoms in total. The van der Waals surface area contributed by atoms with Crippen molar-refractivity contribution in [2.75, 3.05) is 5.73 Å². The van der Waals surface area contributed by atoms with Crippen LogP contribution < -0.4 is 5.73 Å². The van der Waals surface area contributed by atoms with Crippen molar-refractivity contribution < 1.29 is 4.39 Å². The van der Waals surface area contributed by atoms with Gasteiger partial charge in [-0.05, 0) is 24.3 Å². The van der Waals surface area contributed by atoms with Gasteiger partial charge in [-0.2, -0.15) is 0 Å². The highest BCUT2D eigenvalue weighted by molar-refractivity contribution is 7.99. The molecule has 88 valence electrons. The number of hydrogen-bond donors (Lipinski definition) is 1. The maximum absolute atomic E-state index is 13.4. The van der Waals surface area contributed by atoms with E-state index in [2.05, 4.69) is 0 Å². The Morgan fingerprint density at radius 2 is 1.65 bits per heavy atom. The van der Waals surface area contributed by atoms with E-state index in [0.717, 1.165) is 4.90 Å². The average molecular weight is 288 g/mol. The fourth-order valence-electron chi connectivity index (χ4n) is 1.27. The molecule has 0 amide bonds. The molecular weight excluding hydrogens is 280 g/mol. The first-order valence-electron chi connectivity index (χ1n) is 4.75. The molecule has 0 bridgehead atoms. The minimum absolute atomic E-state index is 0.276. The van der Waals surface area contributed by atoms with Crippen molar-refractivity contribution in [3.8, 4) is 0 Å². The van der Waals surface area contributed by atoms with Crippen molar-refractivity contribution in [2.45, 2.75) is 9.79 Å². The molecule has 2 rings (SSSR count). The van der Waals surface area contributed by atoms with Gasteiger partial charge in [-0.3, -0.25) is 0 Å². The number of hydrogen-bond acceptors (Lipinski definition) is 2. The van der Waals surface area contributed by atoms with Gasteiger partial charge in [0.05, 0.1) is 15.7 Å². The number of nitrogens with two attached hydrogens (primary N) is 1. The number of benzene rings is 2. The van der Waals surface area contributed by atoms with Gasteiger partial charge in [0.2, 0.25) is 0 Å². The third kappa shape index (κ3) is 2.86. The smallest absolute Gasteiger partial charge is 0.137 e. The second-order valence-electron chi connectivity index (χ2n) is 3.33. The molecule has 0 aliphatic rings. The number of halogens is 3. The van der Waals surface area contributed by atoms with Gasteiger partial charge in [-0.1, -0.05) is 47.1 Å². The van der Waals surface area contributed by atoms with Crippen molar-refractivity contribution in [1.29, 1.82) is 0 Å². The number of anilines is 1. The molecule has 5 heteroatoms. The minimum Gasteiger partial charge on any atom is -0.396 e. The second-order valence-corrected chi connectivity index (χ2v) is 5.26. The topological polar surface area (TPSA) is 26.0 Å². The monoisotopic (exact) mass is 287 g/mol. The molecule has 0 radical (unpaired) electrons. The zero-order valence-electron chi connectivity index (χ0n) is 8.58. The Morgan fingerprint density at radius 1 is 1.06 bits per heavy atom. The van der Waals surface area contributed by atoms with E-state index >= 15 is 0 Å². The largest absolute Gasteiger partial charge is 0.396 e. The Labute approximate surface area is 113 Å². The standard InChI is InChI=1S/C12H8Cl2FNS/c13-8-5-7(6-9(14)12(8)16)17-11-4-2-1-3-10(11)15/h1-6H,16H2. The Bertz CT molecular complexity index is 537. The van der Waals surface area contributed by atoms with E-state index in [1.807, 2.05) is 0 Å². The van der Waals surface area contributed by atoms with Gasteiger partial charge in [0.1, 0.15) is 5.82 Å². The van der Waals surface area contributed by atoms with Crippen LogP contribution in [0.1, 0.15) is 0 Å². The van der Waals surface area contributed by atoms with Gasteiger partial charge < -0.3 is 5.73 Å². The molecule has 0 heterocycles. The van der Waals surface area contributed by atoms with E-state index < -0.39 is 0 Å². The summed E-state index contributed by atoms with van der Waals surface area (Å²) in [6.07, 6.45) is 0. The van der Waals surface area contributed by atoms with Gasteiger partial charge >= 0.3 is 0 Å². The lowest BCUT2D eigenvalue weighted by molar-refractivity contribution is 0.602. The average Bonchev–Trinajstić information content (AvgIpc) is 2.29. The third-order valence-electron chi connectivity index (χ3n) is 2.12. The SMILES string of the molecule is Nc1c(Cl)cc(Sc2ccccc2F)cc1Cl. The summed E-state index contributed by atoms with van der Waals surface area (Å²) in [5.41, 5.74) is 5.97. The summed E-state index contributed by atoms with van der Waals surface area (Å²) >= 11 is 13.1. The van der Waals surface area contributed by atoms with Crippen molar-refractivity contribution in [1.82, 2.24) is 0 Å². The summed E-state index contributed by atoms with van der Waals surface area (Å²) in [5, 5.41) is 0.743. The molecule has 0 aliphatic carbocycles. The lowest BCUT2D eigenvalue weighted by atomic mass is 10.3. The Kier molecular flexibility index (Phi) is 3.82. The van der Waals surface area contributed by atoms with Crippen LogP contribution >= 0.6 is 35.0 Å². The van der Waals surface area contributed by atoms with Crippen LogP contribution in [-0.4, -0.2) is 0 Å². The zero-order valence-corrected chi connectivity index (χ0v) is 10.9. The van der Waals surface area contributed by atoms with E-state index in [1.54, 1.807) is 30.3 Å². The molecule has 0 unspecified atom stereocenters. The van der Waals surface area contributed by atoms with Gasteiger partial charge in [0.25, 0.3) is 0 Å². The maximum atomic E-state index is 13.4. The van der Waals surface area contributed by atoms with Gasteiger partial charge in [-0.25, -0.2) is 4.39 Å². The quantitative estimate of drug-likeness (QED) is 0.798. The van der Waals surface area contributed by atoms with Crippen molar-refractivity contribution >= 4 is 40.7 Å². The highest BCUT2D eigenvalue weighted by Gasteiger charge is 2.08. The van der Waals surface area contributed by atoms with Crippen LogP contribution in [0.3, 0.4) is 0 Å². The van der Waals surface area contributed by atoms with Gasteiger partial charge in [0.15, 0.2) is 0 Å². The summed E-state index contributed by atoms with van der Waals surface area (Å²) in [5.74, 6) is -0.276.